The molecule has 31 heavy (non-hydrogen) atoms. The van der Waals surface area contributed by atoms with E-state index in [0.717, 1.165) is 16.7 Å². The molecule has 0 amide bonds. The molecule has 0 unspecified atom stereocenters. The van der Waals surface area contributed by atoms with Crippen molar-refractivity contribution in [3.05, 3.63) is 108 Å². The Bertz CT molecular complexity index is 900. The van der Waals surface area contributed by atoms with Crippen LogP contribution < -0.4 is 0 Å². The zero-order valence-electron chi connectivity index (χ0n) is 17.9. The number of hydrogen-bond acceptors (Lipinski definition) is 4. The summed E-state index contributed by atoms with van der Waals surface area (Å²) in [5.74, 6) is -0.225. The van der Waals surface area contributed by atoms with E-state index in [-0.39, 0.29) is 30.8 Å². The zero-order valence-corrected chi connectivity index (χ0v) is 17.9. The summed E-state index contributed by atoms with van der Waals surface area (Å²) in [6, 6.07) is 29.5. The molecule has 4 heteroatoms. The van der Waals surface area contributed by atoms with E-state index in [4.69, 9.17) is 4.74 Å². The Morgan fingerprint density at radius 3 is 1.65 bits per heavy atom. The van der Waals surface area contributed by atoms with Crippen LogP contribution in [0, 0.1) is 0 Å². The van der Waals surface area contributed by atoms with Crippen molar-refractivity contribution in [2.24, 2.45) is 0 Å². The van der Waals surface area contributed by atoms with Crippen LogP contribution in [0.25, 0.3) is 0 Å². The van der Waals surface area contributed by atoms with Crippen molar-refractivity contribution in [1.29, 1.82) is 0 Å². The number of hydrogen-bond donors (Lipinski definition) is 0. The second kappa shape index (κ2) is 11.8. The first-order chi connectivity index (χ1) is 15.1. The summed E-state index contributed by atoms with van der Waals surface area (Å²) >= 11 is 0. The van der Waals surface area contributed by atoms with E-state index in [1.807, 2.05) is 66.7 Å². The van der Waals surface area contributed by atoms with Gasteiger partial charge in [0.05, 0.1) is 6.04 Å². The summed E-state index contributed by atoms with van der Waals surface area (Å²) in [4.78, 5) is 27.0. The third kappa shape index (κ3) is 7.50. The largest absolute Gasteiger partial charge is 0.461 e. The quantitative estimate of drug-likeness (QED) is 0.405. The molecule has 0 bridgehead atoms. The molecule has 160 valence electrons. The Kier molecular flexibility index (Phi) is 8.56. The summed E-state index contributed by atoms with van der Waals surface area (Å²) in [7, 11) is 0. The first-order valence-electron chi connectivity index (χ1n) is 10.6. The molecule has 0 saturated carbocycles. The Morgan fingerprint density at radius 1 is 0.742 bits per heavy atom. The van der Waals surface area contributed by atoms with Gasteiger partial charge < -0.3 is 4.74 Å². The first kappa shape index (κ1) is 22.4. The average Bonchev–Trinajstić information content (AvgIpc) is 2.79. The van der Waals surface area contributed by atoms with Crippen molar-refractivity contribution >= 4 is 11.8 Å². The van der Waals surface area contributed by atoms with Crippen molar-refractivity contribution in [2.75, 3.05) is 0 Å². The summed E-state index contributed by atoms with van der Waals surface area (Å²) < 4.78 is 5.41. The van der Waals surface area contributed by atoms with E-state index >= 15 is 0 Å². The third-order valence-corrected chi connectivity index (χ3v) is 5.23. The maximum atomic E-state index is 12.6. The molecular weight excluding hydrogens is 386 g/mol. The fourth-order valence-corrected chi connectivity index (χ4v) is 3.62. The van der Waals surface area contributed by atoms with Crippen molar-refractivity contribution in [2.45, 2.75) is 45.5 Å². The smallest absolute Gasteiger partial charge is 0.306 e. The summed E-state index contributed by atoms with van der Waals surface area (Å²) in [5.41, 5.74) is 3.22. The van der Waals surface area contributed by atoms with Gasteiger partial charge in [-0.2, -0.15) is 0 Å². The minimum absolute atomic E-state index is 0.0581. The van der Waals surface area contributed by atoms with E-state index in [9.17, 15) is 9.59 Å². The lowest BCUT2D eigenvalue weighted by Gasteiger charge is -2.30. The van der Waals surface area contributed by atoms with Gasteiger partial charge in [-0.25, -0.2) is 0 Å². The van der Waals surface area contributed by atoms with Crippen LogP contribution in [0.3, 0.4) is 0 Å². The molecule has 0 spiro atoms. The molecule has 0 aliphatic heterocycles. The number of esters is 1. The van der Waals surface area contributed by atoms with Crippen LogP contribution in [0.1, 0.15) is 36.5 Å². The van der Waals surface area contributed by atoms with Crippen molar-refractivity contribution in [3.63, 3.8) is 0 Å². The molecule has 0 N–H and O–H groups in total. The standard InChI is InChI=1S/C27H29NO3/c1-22(29)26(17-18-27(30)31-21-25-15-9-4-10-16-25)28(19-23-11-5-2-6-12-23)20-24-13-7-3-8-14-24/h2-16,26H,17-21H2,1H3/t26-/m1/s1. The molecule has 0 aliphatic rings. The van der Waals surface area contributed by atoms with E-state index < -0.39 is 0 Å². The second-order valence-corrected chi connectivity index (χ2v) is 7.69. The van der Waals surface area contributed by atoms with Crippen LogP contribution in [-0.2, 0) is 34.0 Å². The third-order valence-electron chi connectivity index (χ3n) is 5.23. The first-order valence-corrected chi connectivity index (χ1v) is 10.6. The number of benzene rings is 3. The molecule has 0 heterocycles. The zero-order chi connectivity index (χ0) is 21.9. The number of Topliss-reactive ketones (excluding diaryl/α,β-unsaturated/α-hetero) is 1. The molecule has 1 atom stereocenters. The molecule has 0 saturated heterocycles. The van der Waals surface area contributed by atoms with Crippen LogP contribution in [-0.4, -0.2) is 22.7 Å². The SMILES string of the molecule is CC(=O)[C@@H](CCC(=O)OCc1ccccc1)N(Cc1ccccc1)Cc1ccccc1. The number of rotatable bonds is 11. The Morgan fingerprint density at radius 2 is 1.19 bits per heavy atom. The normalized spacial score (nSPS) is 11.8. The van der Waals surface area contributed by atoms with Crippen LogP contribution in [0.2, 0.25) is 0 Å². The molecule has 0 radical (unpaired) electrons. The molecule has 4 nitrogen and oxygen atoms in total. The Hall–Kier alpha value is -3.24. The van der Waals surface area contributed by atoms with E-state index in [0.29, 0.717) is 19.5 Å². The minimum atomic E-state index is -0.357. The van der Waals surface area contributed by atoms with Gasteiger partial charge in [0.25, 0.3) is 0 Å². The van der Waals surface area contributed by atoms with Crippen molar-refractivity contribution in [3.8, 4) is 0 Å². The fraction of sp³-hybridized carbons (Fsp3) is 0.259. The van der Waals surface area contributed by atoms with Gasteiger partial charge in [0.2, 0.25) is 0 Å². The lowest BCUT2D eigenvalue weighted by atomic mass is 10.0. The van der Waals surface area contributed by atoms with Gasteiger partial charge in [-0.3, -0.25) is 14.5 Å². The highest BCUT2D eigenvalue weighted by Gasteiger charge is 2.24. The molecule has 0 fully saturated rings. The van der Waals surface area contributed by atoms with Gasteiger partial charge in [-0.05, 0) is 30.0 Å². The second-order valence-electron chi connectivity index (χ2n) is 7.69. The number of carbonyl (C=O) groups excluding carboxylic acids is 2. The molecule has 0 aliphatic carbocycles. The van der Waals surface area contributed by atoms with Gasteiger partial charge in [-0.15, -0.1) is 0 Å². The molecule has 3 aromatic carbocycles. The highest BCUT2D eigenvalue weighted by Crippen LogP contribution is 2.18. The van der Waals surface area contributed by atoms with Crippen molar-refractivity contribution in [1.82, 2.24) is 4.90 Å². The topological polar surface area (TPSA) is 46.6 Å². The molecular formula is C27H29NO3. The average molecular weight is 416 g/mol. The predicted molar refractivity (Wildman–Crippen MR) is 122 cm³/mol. The van der Waals surface area contributed by atoms with Gasteiger partial charge in [0, 0.05) is 19.5 Å². The van der Waals surface area contributed by atoms with Crippen LogP contribution >= 0.6 is 0 Å². The van der Waals surface area contributed by atoms with Crippen LogP contribution in [0.15, 0.2) is 91.0 Å². The summed E-state index contributed by atoms with van der Waals surface area (Å²) in [6.45, 7) is 3.13. The van der Waals surface area contributed by atoms with E-state index in [1.165, 1.54) is 0 Å². The summed E-state index contributed by atoms with van der Waals surface area (Å²) in [6.07, 6.45) is 0.639. The van der Waals surface area contributed by atoms with Gasteiger partial charge in [-0.1, -0.05) is 91.0 Å². The maximum Gasteiger partial charge on any atom is 0.306 e. The van der Waals surface area contributed by atoms with Crippen LogP contribution in [0.5, 0.6) is 0 Å². The maximum absolute atomic E-state index is 12.6. The monoisotopic (exact) mass is 415 g/mol. The highest BCUT2D eigenvalue weighted by atomic mass is 16.5. The minimum Gasteiger partial charge on any atom is -0.461 e. The highest BCUT2D eigenvalue weighted by molar-refractivity contribution is 5.82. The van der Waals surface area contributed by atoms with Crippen LogP contribution in [0.4, 0.5) is 0 Å². The van der Waals surface area contributed by atoms with Gasteiger partial charge in [0.15, 0.2) is 0 Å². The molecule has 3 rings (SSSR count). The van der Waals surface area contributed by atoms with E-state index in [2.05, 4.69) is 29.2 Å². The fourth-order valence-electron chi connectivity index (χ4n) is 3.62. The Balaban J connectivity index is 1.66. The number of nitrogens with zero attached hydrogens (tertiary/aromatic N) is 1. The lowest BCUT2D eigenvalue weighted by Crippen LogP contribution is -2.39. The lowest BCUT2D eigenvalue weighted by molar-refractivity contribution is -0.145. The number of ketones is 1. The molecule has 3 aromatic rings. The molecule has 0 aromatic heterocycles. The van der Waals surface area contributed by atoms with E-state index in [1.54, 1.807) is 6.92 Å². The summed E-state index contributed by atoms with van der Waals surface area (Å²) in [5, 5.41) is 0. The van der Waals surface area contributed by atoms with Gasteiger partial charge in [0.1, 0.15) is 12.4 Å². The number of carbonyl (C=O) groups is 2. The van der Waals surface area contributed by atoms with Gasteiger partial charge >= 0.3 is 5.97 Å². The predicted octanol–water partition coefficient (Wildman–Crippen LogP) is 5.17. The Labute approximate surface area is 184 Å². The van der Waals surface area contributed by atoms with Crippen molar-refractivity contribution < 1.29 is 14.3 Å². The number of ether oxygens (including phenoxy) is 1.